The molecule has 0 unspecified atom stereocenters. The number of hydrogen-bond donors (Lipinski definition) is 1. The summed E-state index contributed by atoms with van der Waals surface area (Å²) in [6.07, 6.45) is 4.68. The Bertz CT molecular complexity index is 947. The van der Waals surface area contributed by atoms with Gasteiger partial charge in [0.25, 0.3) is 11.8 Å². The molecule has 136 valence electrons. The summed E-state index contributed by atoms with van der Waals surface area (Å²) in [6, 6.07) is 12.6. The first kappa shape index (κ1) is 18.4. The van der Waals surface area contributed by atoms with E-state index in [1.54, 1.807) is 43.5 Å². The van der Waals surface area contributed by atoms with Crippen LogP contribution in [0.4, 0.5) is 10.5 Å². The van der Waals surface area contributed by atoms with Crippen LogP contribution in [0.25, 0.3) is 6.08 Å². The number of urea groups is 1. The Morgan fingerprint density at radius 1 is 1.00 bits per heavy atom. The summed E-state index contributed by atoms with van der Waals surface area (Å²) in [6.45, 7) is 0. The van der Waals surface area contributed by atoms with E-state index in [-0.39, 0.29) is 5.57 Å². The van der Waals surface area contributed by atoms with Crippen LogP contribution in [0.15, 0.2) is 66.3 Å². The molecule has 2 aromatic carbocycles. The number of nitrogens with zero attached hydrogens (tertiary/aromatic N) is 1. The summed E-state index contributed by atoms with van der Waals surface area (Å²) >= 11 is 5.83. The fourth-order valence-electron chi connectivity index (χ4n) is 2.47. The van der Waals surface area contributed by atoms with Crippen molar-refractivity contribution in [2.24, 2.45) is 0 Å². The monoisotopic (exact) mass is 382 g/mol. The number of benzene rings is 2. The van der Waals surface area contributed by atoms with E-state index in [9.17, 15) is 14.4 Å². The number of imide groups is 2. The van der Waals surface area contributed by atoms with Crippen molar-refractivity contribution in [3.8, 4) is 5.75 Å². The second kappa shape index (κ2) is 7.88. The molecule has 0 aliphatic carbocycles. The quantitative estimate of drug-likeness (QED) is 0.648. The van der Waals surface area contributed by atoms with Crippen molar-refractivity contribution in [3.05, 3.63) is 76.8 Å². The van der Waals surface area contributed by atoms with Crippen molar-refractivity contribution in [3.63, 3.8) is 0 Å². The van der Waals surface area contributed by atoms with Gasteiger partial charge in [-0.1, -0.05) is 35.9 Å². The van der Waals surface area contributed by atoms with E-state index in [0.29, 0.717) is 10.7 Å². The predicted molar refractivity (Wildman–Crippen MR) is 103 cm³/mol. The third-order valence-corrected chi connectivity index (χ3v) is 4.11. The molecule has 2 aromatic rings. The number of hydrogen-bond acceptors (Lipinski definition) is 4. The first-order chi connectivity index (χ1) is 13.0. The minimum atomic E-state index is -0.802. The molecule has 7 heteroatoms. The van der Waals surface area contributed by atoms with Crippen LogP contribution in [0.2, 0.25) is 5.02 Å². The van der Waals surface area contributed by atoms with Gasteiger partial charge in [0.2, 0.25) is 0 Å². The molecular weight excluding hydrogens is 368 g/mol. The van der Waals surface area contributed by atoms with E-state index in [4.69, 9.17) is 16.3 Å². The van der Waals surface area contributed by atoms with Crippen LogP contribution in [0.1, 0.15) is 5.56 Å². The van der Waals surface area contributed by atoms with Gasteiger partial charge < -0.3 is 4.74 Å². The average molecular weight is 383 g/mol. The van der Waals surface area contributed by atoms with Gasteiger partial charge in [-0.05, 0) is 48.0 Å². The lowest BCUT2D eigenvalue weighted by Crippen LogP contribution is -2.54. The number of halogens is 1. The van der Waals surface area contributed by atoms with Gasteiger partial charge >= 0.3 is 6.03 Å². The summed E-state index contributed by atoms with van der Waals surface area (Å²) < 4.78 is 5.09. The number of allylic oxidation sites excluding steroid dienone is 2. The molecule has 0 spiro atoms. The van der Waals surface area contributed by atoms with Gasteiger partial charge in [0.05, 0.1) is 12.8 Å². The molecule has 0 bridgehead atoms. The van der Waals surface area contributed by atoms with Crippen molar-refractivity contribution in [1.29, 1.82) is 0 Å². The highest BCUT2D eigenvalue weighted by Crippen LogP contribution is 2.22. The molecule has 4 amide bonds. The van der Waals surface area contributed by atoms with E-state index in [1.807, 2.05) is 12.1 Å². The minimum Gasteiger partial charge on any atom is -0.497 e. The SMILES string of the molecule is COc1ccc(/C=C/C=C2\C(=O)NC(=O)N(c3ccc(Cl)cc3)C2=O)cc1. The summed E-state index contributed by atoms with van der Waals surface area (Å²) in [7, 11) is 1.58. The number of nitrogens with one attached hydrogen (secondary N) is 1. The topological polar surface area (TPSA) is 75.7 Å². The van der Waals surface area contributed by atoms with Crippen LogP contribution in [0, 0.1) is 0 Å². The zero-order chi connectivity index (χ0) is 19.4. The Balaban J connectivity index is 1.84. The van der Waals surface area contributed by atoms with Crippen LogP contribution in [0.3, 0.4) is 0 Å². The smallest absolute Gasteiger partial charge is 0.335 e. The number of ether oxygens (including phenoxy) is 1. The fourth-order valence-corrected chi connectivity index (χ4v) is 2.60. The third-order valence-electron chi connectivity index (χ3n) is 3.85. The lowest BCUT2D eigenvalue weighted by Gasteiger charge is -2.26. The maximum Gasteiger partial charge on any atom is 0.335 e. The third kappa shape index (κ3) is 4.07. The highest BCUT2D eigenvalue weighted by molar-refractivity contribution is 6.37. The molecule has 1 fully saturated rings. The van der Waals surface area contributed by atoms with E-state index in [1.165, 1.54) is 18.2 Å². The summed E-state index contributed by atoms with van der Waals surface area (Å²) in [5.41, 5.74) is 1.04. The van der Waals surface area contributed by atoms with Crippen LogP contribution < -0.4 is 15.0 Å². The largest absolute Gasteiger partial charge is 0.497 e. The van der Waals surface area contributed by atoms with Gasteiger partial charge in [0.15, 0.2) is 0 Å². The zero-order valence-corrected chi connectivity index (χ0v) is 15.1. The Hall–Kier alpha value is -3.38. The van der Waals surface area contributed by atoms with E-state index >= 15 is 0 Å². The molecule has 0 saturated carbocycles. The van der Waals surface area contributed by atoms with Gasteiger partial charge in [-0.25, -0.2) is 9.69 Å². The molecular formula is C20H15ClN2O4. The van der Waals surface area contributed by atoms with Crippen LogP contribution >= 0.6 is 11.6 Å². The maximum absolute atomic E-state index is 12.7. The highest BCUT2D eigenvalue weighted by Gasteiger charge is 2.36. The van der Waals surface area contributed by atoms with Crippen LogP contribution in [0.5, 0.6) is 5.75 Å². The fraction of sp³-hybridized carbons (Fsp3) is 0.0500. The Kier molecular flexibility index (Phi) is 5.38. The number of barbiturate groups is 1. The lowest BCUT2D eigenvalue weighted by molar-refractivity contribution is -0.122. The van der Waals surface area contributed by atoms with Gasteiger partial charge in [0.1, 0.15) is 11.3 Å². The highest BCUT2D eigenvalue weighted by atomic mass is 35.5. The van der Waals surface area contributed by atoms with Gasteiger partial charge in [-0.3, -0.25) is 14.9 Å². The van der Waals surface area contributed by atoms with Crippen molar-refractivity contribution >= 4 is 41.2 Å². The van der Waals surface area contributed by atoms with E-state index < -0.39 is 17.8 Å². The summed E-state index contributed by atoms with van der Waals surface area (Å²) in [4.78, 5) is 37.7. The van der Waals surface area contributed by atoms with Crippen LogP contribution in [-0.2, 0) is 9.59 Å². The molecule has 1 aliphatic heterocycles. The van der Waals surface area contributed by atoms with Crippen molar-refractivity contribution in [2.45, 2.75) is 0 Å². The molecule has 0 aromatic heterocycles. The van der Waals surface area contributed by atoms with Gasteiger partial charge in [-0.2, -0.15) is 0 Å². The number of carbonyl (C=O) groups excluding carboxylic acids is 3. The summed E-state index contributed by atoms with van der Waals surface area (Å²) in [5, 5.41) is 2.63. The van der Waals surface area contributed by atoms with Gasteiger partial charge in [0, 0.05) is 5.02 Å². The average Bonchev–Trinajstić information content (AvgIpc) is 2.66. The van der Waals surface area contributed by atoms with E-state index in [2.05, 4.69) is 5.32 Å². The van der Waals surface area contributed by atoms with Crippen molar-refractivity contribution in [2.75, 3.05) is 12.0 Å². The lowest BCUT2D eigenvalue weighted by atomic mass is 10.1. The molecule has 3 rings (SSSR count). The van der Waals surface area contributed by atoms with Gasteiger partial charge in [-0.15, -0.1) is 0 Å². The number of anilines is 1. The van der Waals surface area contributed by atoms with Crippen molar-refractivity contribution < 1.29 is 19.1 Å². The Morgan fingerprint density at radius 2 is 1.67 bits per heavy atom. The normalized spacial score (nSPS) is 16.1. The van der Waals surface area contributed by atoms with Crippen molar-refractivity contribution in [1.82, 2.24) is 5.32 Å². The second-order valence-electron chi connectivity index (χ2n) is 5.59. The zero-order valence-electron chi connectivity index (χ0n) is 14.3. The Labute approximate surface area is 160 Å². The molecule has 6 nitrogen and oxygen atoms in total. The number of rotatable bonds is 4. The van der Waals surface area contributed by atoms with E-state index in [0.717, 1.165) is 16.2 Å². The molecule has 1 aliphatic rings. The second-order valence-corrected chi connectivity index (χ2v) is 6.03. The van der Waals surface area contributed by atoms with Crippen LogP contribution in [-0.4, -0.2) is 25.0 Å². The molecule has 0 radical (unpaired) electrons. The predicted octanol–water partition coefficient (Wildman–Crippen LogP) is 3.57. The molecule has 1 heterocycles. The number of methoxy groups -OCH3 is 1. The Morgan fingerprint density at radius 3 is 2.30 bits per heavy atom. The maximum atomic E-state index is 12.7. The first-order valence-corrected chi connectivity index (χ1v) is 8.35. The minimum absolute atomic E-state index is 0.144. The number of amides is 4. The molecule has 27 heavy (non-hydrogen) atoms. The number of carbonyl (C=O) groups is 3. The molecule has 0 atom stereocenters. The standard InChI is InChI=1S/C20H15ClN2O4/c1-27-16-11-5-13(6-12-16)3-2-4-17-18(24)22-20(26)23(19(17)25)15-9-7-14(21)8-10-15/h2-12H,1H3,(H,22,24,26)/b3-2+,17-4+. The molecule has 1 saturated heterocycles. The first-order valence-electron chi connectivity index (χ1n) is 7.97. The molecule has 1 N–H and O–H groups in total. The summed E-state index contributed by atoms with van der Waals surface area (Å²) in [5.74, 6) is -0.718.